The number of hydrogen-bond donors (Lipinski definition) is 1. The molecule has 0 heterocycles. The van der Waals surface area contributed by atoms with Crippen LogP contribution in [-0.2, 0) is 10.2 Å². The van der Waals surface area contributed by atoms with Crippen molar-refractivity contribution in [2.75, 3.05) is 7.11 Å². The lowest BCUT2D eigenvalue weighted by molar-refractivity contribution is 0.0485. The number of amides is 1. The Morgan fingerprint density at radius 2 is 1.90 bits per heavy atom. The zero-order valence-electron chi connectivity index (χ0n) is 18.6. The molecule has 1 amide bonds. The molecule has 164 valence electrons. The van der Waals surface area contributed by atoms with E-state index in [9.17, 15) is 10.1 Å². The van der Waals surface area contributed by atoms with Crippen LogP contribution in [0.2, 0.25) is 0 Å². The first-order chi connectivity index (χ1) is 14.2. The molecule has 0 spiro atoms. The maximum absolute atomic E-state index is 12.2. The molecule has 6 nitrogen and oxygen atoms in total. The molecular formula is C24H34N2O4. The van der Waals surface area contributed by atoms with Crippen molar-refractivity contribution in [3.8, 4) is 17.6 Å². The molecule has 6 heteroatoms. The molecule has 0 aliphatic heterocycles. The Kier molecular flexibility index (Phi) is 6.80. The van der Waals surface area contributed by atoms with E-state index in [0.717, 1.165) is 37.7 Å². The number of hydrogen-bond acceptors (Lipinski definition) is 5. The fourth-order valence-corrected chi connectivity index (χ4v) is 4.55. The highest BCUT2D eigenvalue weighted by Gasteiger charge is 2.40. The zero-order chi connectivity index (χ0) is 21.8. The predicted octanol–water partition coefficient (Wildman–Crippen LogP) is 5.25. The molecule has 0 radical (unpaired) electrons. The van der Waals surface area contributed by atoms with Crippen LogP contribution in [0.5, 0.6) is 11.5 Å². The number of nitriles is 1. The van der Waals surface area contributed by atoms with E-state index in [1.54, 1.807) is 7.11 Å². The molecule has 0 bridgehead atoms. The van der Waals surface area contributed by atoms with Gasteiger partial charge in [0.15, 0.2) is 11.5 Å². The van der Waals surface area contributed by atoms with E-state index in [0.29, 0.717) is 17.9 Å². The summed E-state index contributed by atoms with van der Waals surface area (Å²) in [6, 6.07) is 8.27. The molecule has 2 aliphatic rings. The van der Waals surface area contributed by atoms with Crippen LogP contribution in [0.3, 0.4) is 0 Å². The Hall–Kier alpha value is -2.42. The highest BCUT2D eigenvalue weighted by atomic mass is 16.6. The monoisotopic (exact) mass is 414 g/mol. The maximum Gasteiger partial charge on any atom is 0.407 e. The van der Waals surface area contributed by atoms with E-state index in [2.05, 4.69) is 11.4 Å². The summed E-state index contributed by atoms with van der Waals surface area (Å²) in [5, 5.41) is 13.1. The number of nitrogens with zero attached hydrogens (tertiary/aromatic N) is 1. The molecule has 1 aromatic carbocycles. The summed E-state index contributed by atoms with van der Waals surface area (Å²) in [5.74, 6) is 1.40. The van der Waals surface area contributed by atoms with Crippen LogP contribution in [0.1, 0.15) is 77.7 Å². The van der Waals surface area contributed by atoms with Crippen LogP contribution < -0.4 is 14.8 Å². The number of carbonyl (C=O) groups is 1. The lowest BCUT2D eigenvalue weighted by atomic mass is 9.68. The van der Waals surface area contributed by atoms with E-state index >= 15 is 0 Å². The first kappa shape index (κ1) is 22.3. The largest absolute Gasteiger partial charge is 0.493 e. The minimum atomic E-state index is -0.669. The highest BCUT2D eigenvalue weighted by molar-refractivity contribution is 5.68. The van der Waals surface area contributed by atoms with Crippen LogP contribution in [0.4, 0.5) is 4.79 Å². The lowest BCUT2D eigenvalue weighted by Crippen LogP contribution is -2.45. The Bertz CT molecular complexity index is 789. The van der Waals surface area contributed by atoms with Gasteiger partial charge in [-0.15, -0.1) is 0 Å². The summed E-state index contributed by atoms with van der Waals surface area (Å²) >= 11 is 0. The van der Waals surface area contributed by atoms with Gasteiger partial charge < -0.3 is 19.5 Å². The fourth-order valence-electron chi connectivity index (χ4n) is 4.55. The van der Waals surface area contributed by atoms with E-state index in [-0.39, 0.29) is 12.1 Å². The second-order valence-electron chi connectivity index (χ2n) is 9.52. The summed E-state index contributed by atoms with van der Waals surface area (Å²) in [6.45, 7) is 5.53. The molecule has 2 fully saturated rings. The van der Waals surface area contributed by atoms with Gasteiger partial charge in [0.2, 0.25) is 0 Å². The molecule has 1 aromatic rings. The first-order valence-corrected chi connectivity index (χ1v) is 11.0. The van der Waals surface area contributed by atoms with Gasteiger partial charge in [0, 0.05) is 6.04 Å². The van der Waals surface area contributed by atoms with Crippen molar-refractivity contribution in [2.45, 2.75) is 95.3 Å². The topological polar surface area (TPSA) is 80.6 Å². The van der Waals surface area contributed by atoms with Gasteiger partial charge in [-0.1, -0.05) is 6.07 Å². The first-order valence-electron chi connectivity index (χ1n) is 11.0. The van der Waals surface area contributed by atoms with Crippen LogP contribution in [-0.4, -0.2) is 30.9 Å². The second kappa shape index (κ2) is 9.16. The van der Waals surface area contributed by atoms with Crippen LogP contribution in [0, 0.1) is 11.3 Å². The van der Waals surface area contributed by atoms with Gasteiger partial charge in [-0.25, -0.2) is 4.79 Å². The molecule has 0 saturated heterocycles. The number of ether oxygens (including phenoxy) is 3. The molecule has 1 N–H and O–H groups in total. The number of rotatable bonds is 5. The van der Waals surface area contributed by atoms with Gasteiger partial charge in [0.1, 0.15) is 5.60 Å². The van der Waals surface area contributed by atoms with Gasteiger partial charge in [-0.2, -0.15) is 5.26 Å². The summed E-state index contributed by atoms with van der Waals surface area (Å²) in [6.07, 6.45) is 7.27. The number of alkyl carbamates (subject to hydrolysis) is 1. The molecule has 3 rings (SSSR count). The van der Waals surface area contributed by atoms with Crippen molar-refractivity contribution in [3.63, 3.8) is 0 Å². The molecule has 2 aliphatic carbocycles. The van der Waals surface area contributed by atoms with Crippen molar-refractivity contribution in [1.29, 1.82) is 5.26 Å². The predicted molar refractivity (Wildman–Crippen MR) is 115 cm³/mol. The van der Waals surface area contributed by atoms with Gasteiger partial charge >= 0.3 is 6.09 Å². The van der Waals surface area contributed by atoms with E-state index in [1.807, 2.05) is 39.0 Å². The average molecular weight is 415 g/mol. The lowest BCUT2D eigenvalue weighted by Gasteiger charge is -2.37. The smallest absolute Gasteiger partial charge is 0.407 e. The number of benzene rings is 1. The van der Waals surface area contributed by atoms with Crippen LogP contribution >= 0.6 is 0 Å². The summed E-state index contributed by atoms with van der Waals surface area (Å²) in [4.78, 5) is 12.2. The van der Waals surface area contributed by atoms with Crippen LogP contribution in [0.25, 0.3) is 0 Å². The molecule has 2 saturated carbocycles. The Morgan fingerprint density at radius 1 is 1.17 bits per heavy atom. The van der Waals surface area contributed by atoms with Crippen LogP contribution in [0.15, 0.2) is 18.2 Å². The minimum Gasteiger partial charge on any atom is -0.493 e. The second-order valence-corrected chi connectivity index (χ2v) is 9.52. The van der Waals surface area contributed by atoms with E-state index in [4.69, 9.17) is 14.2 Å². The maximum atomic E-state index is 12.2. The average Bonchev–Trinajstić information content (AvgIpc) is 3.19. The summed E-state index contributed by atoms with van der Waals surface area (Å²) < 4.78 is 17.1. The number of nitrogens with one attached hydrogen (secondary N) is 1. The van der Waals surface area contributed by atoms with Gasteiger partial charge in [0.05, 0.1) is 24.7 Å². The Morgan fingerprint density at radius 3 is 2.53 bits per heavy atom. The van der Waals surface area contributed by atoms with Crippen molar-refractivity contribution < 1.29 is 19.0 Å². The molecule has 2 atom stereocenters. The molecule has 0 aromatic heterocycles. The van der Waals surface area contributed by atoms with Gasteiger partial charge in [-0.05, 0) is 89.8 Å². The third-order valence-corrected chi connectivity index (χ3v) is 6.00. The molecule has 2 unspecified atom stereocenters. The van der Waals surface area contributed by atoms with Crippen molar-refractivity contribution in [3.05, 3.63) is 23.8 Å². The molecular weight excluding hydrogens is 380 g/mol. The van der Waals surface area contributed by atoms with Crippen molar-refractivity contribution >= 4 is 6.09 Å². The third kappa shape index (κ3) is 5.38. The SMILES string of the molecule is COc1ccc(C2(C#N)CCCC(NC(=O)OC(C)(C)C)C2)cc1OC1CCCC1. The third-order valence-electron chi connectivity index (χ3n) is 6.00. The highest BCUT2D eigenvalue weighted by Crippen LogP contribution is 2.43. The zero-order valence-corrected chi connectivity index (χ0v) is 18.6. The van der Waals surface area contributed by atoms with E-state index in [1.165, 1.54) is 12.8 Å². The molecule has 30 heavy (non-hydrogen) atoms. The van der Waals surface area contributed by atoms with Gasteiger partial charge in [-0.3, -0.25) is 0 Å². The normalized spacial score (nSPS) is 24.7. The van der Waals surface area contributed by atoms with Crippen molar-refractivity contribution in [2.24, 2.45) is 0 Å². The van der Waals surface area contributed by atoms with Gasteiger partial charge in [0.25, 0.3) is 0 Å². The van der Waals surface area contributed by atoms with E-state index < -0.39 is 17.1 Å². The quantitative estimate of drug-likeness (QED) is 0.712. The number of methoxy groups -OCH3 is 1. The van der Waals surface area contributed by atoms with Crippen molar-refractivity contribution in [1.82, 2.24) is 5.32 Å². The summed E-state index contributed by atoms with van der Waals surface area (Å²) in [5.41, 5.74) is -0.291. The number of carbonyl (C=O) groups excluding carboxylic acids is 1. The minimum absolute atomic E-state index is 0.102. The summed E-state index contributed by atoms with van der Waals surface area (Å²) in [7, 11) is 1.64. The standard InChI is InChI=1S/C24H34N2O4/c1-23(2,3)30-22(27)26-18-8-7-13-24(15-18,16-25)17-11-12-20(28-4)21(14-17)29-19-9-5-6-10-19/h11-12,14,18-19H,5-10,13,15H2,1-4H3,(H,26,27). The Labute approximate surface area is 179 Å². The Balaban J connectivity index is 1.79. The fraction of sp³-hybridized carbons (Fsp3) is 0.667.